The first kappa shape index (κ1) is 15.5. The summed E-state index contributed by atoms with van der Waals surface area (Å²) in [5, 5.41) is -0.0321. The van der Waals surface area contributed by atoms with Crippen molar-refractivity contribution in [2.75, 3.05) is 14.2 Å². The van der Waals surface area contributed by atoms with E-state index in [0.29, 0.717) is 5.92 Å². The van der Waals surface area contributed by atoms with Gasteiger partial charge in [0.1, 0.15) is 11.5 Å². The molecule has 0 N–H and O–H groups in total. The van der Waals surface area contributed by atoms with Crippen molar-refractivity contribution >= 4 is 11.6 Å². The molecule has 2 rings (SSSR count). The molecule has 0 bridgehead atoms. The Kier molecular flexibility index (Phi) is 4.85. The highest BCUT2D eigenvalue weighted by atomic mass is 35.5. The van der Waals surface area contributed by atoms with Crippen LogP contribution >= 0.6 is 11.6 Å². The maximum absolute atomic E-state index is 6.85. The van der Waals surface area contributed by atoms with Crippen LogP contribution in [-0.2, 0) is 0 Å². The van der Waals surface area contributed by atoms with Gasteiger partial charge in [-0.1, -0.05) is 26.7 Å². The van der Waals surface area contributed by atoms with Gasteiger partial charge < -0.3 is 9.47 Å². The average molecular weight is 297 g/mol. The highest BCUT2D eigenvalue weighted by molar-refractivity contribution is 6.21. The zero-order valence-corrected chi connectivity index (χ0v) is 13.7. The second-order valence-corrected chi connectivity index (χ2v) is 6.82. The van der Waals surface area contributed by atoms with Gasteiger partial charge in [-0.15, -0.1) is 11.6 Å². The van der Waals surface area contributed by atoms with Crippen LogP contribution in [0.3, 0.4) is 0 Å². The number of hydrogen-bond donors (Lipinski definition) is 0. The van der Waals surface area contributed by atoms with Gasteiger partial charge in [0.25, 0.3) is 0 Å². The summed E-state index contributed by atoms with van der Waals surface area (Å²) in [6, 6.07) is 5.87. The van der Waals surface area contributed by atoms with Crippen LogP contribution in [0.4, 0.5) is 0 Å². The van der Waals surface area contributed by atoms with E-state index in [-0.39, 0.29) is 10.8 Å². The highest BCUT2D eigenvalue weighted by Gasteiger charge is 2.38. The summed E-state index contributed by atoms with van der Waals surface area (Å²) in [6.07, 6.45) is 5.00. The topological polar surface area (TPSA) is 18.5 Å². The third-order valence-electron chi connectivity index (χ3n) is 4.68. The van der Waals surface area contributed by atoms with Crippen LogP contribution in [0.1, 0.15) is 50.5 Å². The van der Waals surface area contributed by atoms with E-state index in [1.165, 1.54) is 25.7 Å². The van der Waals surface area contributed by atoms with Crippen molar-refractivity contribution < 1.29 is 9.47 Å². The van der Waals surface area contributed by atoms with Gasteiger partial charge in [-0.3, -0.25) is 0 Å². The average Bonchev–Trinajstić information content (AvgIpc) is 2.45. The first-order valence-corrected chi connectivity index (χ1v) is 7.79. The van der Waals surface area contributed by atoms with Crippen LogP contribution in [0.15, 0.2) is 18.2 Å². The molecule has 0 radical (unpaired) electrons. The normalized spacial score (nSPS) is 23.1. The first-order valence-electron chi connectivity index (χ1n) is 7.35. The molecule has 3 heteroatoms. The Labute approximate surface area is 127 Å². The van der Waals surface area contributed by atoms with Crippen LogP contribution in [0.2, 0.25) is 0 Å². The molecule has 0 aliphatic heterocycles. The second-order valence-electron chi connectivity index (χ2n) is 6.35. The van der Waals surface area contributed by atoms with Crippen LogP contribution in [0.5, 0.6) is 11.5 Å². The molecule has 1 aliphatic carbocycles. The SMILES string of the molecule is COc1ccc(OC)c(C(Cl)C2CCCCC2(C)C)c1. The zero-order valence-electron chi connectivity index (χ0n) is 12.9. The molecular weight excluding hydrogens is 272 g/mol. The van der Waals surface area contributed by atoms with Crippen molar-refractivity contribution in [1.29, 1.82) is 0 Å². The summed E-state index contributed by atoms with van der Waals surface area (Å²) in [6.45, 7) is 4.66. The minimum absolute atomic E-state index is 0.0321. The van der Waals surface area contributed by atoms with Gasteiger partial charge in [0.15, 0.2) is 0 Å². The fraction of sp³-hybridized carbons (Fsp3) is 0.647. The summed E-state index contributed by atoms with van der Waals surface area (Å²) >= 11 is 6.85. The Morgan fingerprint density at radius 1 is 1.20 bits per heavy atom. The molecular formula is C17H25ClO2. The van der Waals surface area contributed by atoms with Gasteiger partial charge in [0.2, 0.25) is 0 Å². The summed E-state index contributed by atoms with van der Waals surface area (Å²) in [5.74, 6) is 2.16. The molecule has 2 nitrogen and oxygen atoms in total. The fourth-order valence-electron chi connectivity index (χ4n) is 3.34. The van der Waals surface area contributed by atoms with Crippen molar-refractivity contribution in [3.8, 4) is 11.5 Å². The number of ether oxygens (including phenoxy) is 2. The first-order chi connectivity index (χ1) is 9.49. The Hall–Kier alpha value is -0.890. The monoisotopic (exact) mass is 296 g/mol. The number of benzene rings is 1. The molecule has 1 saturated carbocycles. The van der Waals surface area contributed by atoms with E-state index >= 15 is 0 Å². The van der Waals surface area contributed by atoms with E-state index in [9.17, 15) is 0 Å². The van der Waals surface area contributed by atoms with Gasteiger partial charge in [-0.05, 0) is 42.4 Å². The molecule has 0 saturated heterocycles. The van der Waals surface area contributed by atoms with Crippen molar-refractivity contribution in [1.82, 2.24) is 0 Å². The summed E-state index contributed by atoms with van der Waals surface area (Å²) < 4.78 is 10.8. The maximum Gasteiger partial charge on any atom is 0.123 e. The zero-order chi connectivity index (χ0) is 14.8. The predicted octanol–water partition coefficient (Wildman–Crippen LogP) is 5.20. The van der Waals surface area contributed by atoms with E-state index in [1.54, 1.807) is 14.2 Å². The van der Waals surface area contributed by atoms with Crippen LogP contribution < -0.4 is 9.47 Å². The molecule has 0 amide bonds. The van der Waals surface area contributed by atoms with Crippen LogP contribution in [0, 0.1) is 11.3 Å². The number of halogens is 1. The molecule has 1 aromatic rings. The molecule has 1 fully saturated rings. The molecule has 20 heavy (non-hydrogen) atoms. The molecule has 2 atom stereocenters. The molecule has 0 heterocycles. The molecule has 0 aromatic heterocycles. The summed E-state index contributed by atoms with van der Waals surface area (Å²) in [7, 11) is 3.38. The van der Waals surface area contributed by atoms with Crippen molar-refractivity contribution in [3.05, 3.63) is 23.8 Å². The molecule has 2 unspecified atom stereocenters. The van der Waals surface area contributed by atoms with Gasteiger partial charge >= 0.3 is 0 Å². The van der Waals surface area contributed by atoms with Crippen molar-refractivity contribution in [3.63, 3.8) is 0 Å². The maximum atomic E-state index is 6.85. The van der Waals surface area contributed by atoms with Gasteiger partial charge in [0, 0.05) is 5.56 Å². The number of methoxy groups -OCH3 is 2. The van der Waals surface area contributed by atoms with Crippen LogP contribution in [0.25, 0.3) is 0 Å². The molecule has 0 spiro atoms. The standard InChI is InChI=1S/C17H25ClO2/c1-17(2)10-6-5-7-14(17)16(18)13-11-12(19-3)8-9-15(13)20-4/h8-9,11,14,16H,5-7,10H2,1-4H3. The third-order valence-corrected chi connectivity index (χ3v) is 5.22. The number of hydrogen-bond acceptors (Lipinski definition) is 2. The minimum atomic E-state index is -0.0321. The van der Waals surface area contributed by atoms with E-state index in [4.69, 9.17) is 21.1 Å². The van der Waals surface area contributed by atoms with Crippen LogP contribution in [-0.4, -0.2) is 14.2 Å². The number of alkyl halides is 1. The van der Waals surface area contributed by atoms with E-state index in [1.807, 2.05) is 18.2 Å². The smallest absolute Gasteiger partial charge is 0.123 e. The minimum Gasteiger partial charge on any atom is -0.497 e. The predicted molar refractivity (Wildman–Crippen MR) is 83.9 cm³/mol. The lowest BCUT2D eigenvalue weighted by atomic mass is 9.66. The molecule has 1 aliphatic rings. The van der Waals surface area contributed by atoms with Gasteiger partial charge in [-0.25, -0.2) is 0 Å². The molecule has 112 valence electrons. The lowest BCUT2D eigenvalue weighted by Crippen LogP contribution is -2.31. The third kappa shape index (κ3) is 3.06. The van der Waals surface area contributed by atoms with Crippen molar-refractivity contribution in [2.45, 2.75) is 44.9 Å². The Morgan fingerprint density at radius 2 is 1.95 bits per heavy atom. The quantitative estimate of drug-likeness (QED) is 0.711. The number of rotatable bonds is 4. The Bertz CT molecular complexity index is 456. The van der Waals surface area contributed by atoms with E-state index in [0.717, 1.165) is 17.1 Å². The summed E-state index contributed by atoms with van der Waals surface area (Å²) in [4.78, 5) is 0. The largest absolute Gasteiger partial charge is 0.497 e. The van der Waals surface area contributed by atoms with Gasteiger partial charge in [0.05, 0.1) is 19.6 Å². The highest BCUT2D eigenvalue weighted by Crippen LogP contribution is 2.51. The lowest BCUT2D eigenvalue weighted by molar-refractivity contribution is 0.132. The second kappa shape index (κ2) is 6.26. The summed E-state index contributed by atoms with van der Waals surface area (Å²) in [5.41, 5.74) is 1.33. The Balaban J connectivity index is 2.33. The van der Waals surface area contributed by atoms with Gasteiger partial charge in [-0.2, -0.15) is 0 Å². The van der Waals surface area contributed by atoms with Crippen molar-refractivity contribution in [2.24, 2.45) is 11.3 Å². The lowest BCUT2D eigenvalue weighted by Gasteiger charge is -2.41. The van der Waals surface area contributed by atoms with E-state index < -0.39 is 0 Å². The Morgan fingerprint density at radius 3 is 2.55 bits per heavy atom. The van der Waals surface area contributed by atoms with E-state index in [2.05, 4.69) is 13.8 Å². The fourth-order valence-corrected chi connectivity index (χ4v) is 3.97. The molecule has 1 aromatic carbocycles.